The zero-order valence-electron chi connectivity index (χ0n) is 11.4. The molecule has 1 rings (SSSR count). The average molecular weight is 358 g/mol. The second kappa shape index (κ2) is 7.63. The molecule has 0 bridgehead atoms. The molecular weight excluding hydrogens is 342 g/mol. The van der Waals surface area contributed by atoms with E-state index in [0.717, 1.165) is 10.0 Å². The molecule has 114 valence electrons. The van der Waals surface area contributed by atoms with Crippen LogP contribution < -0.4 is 16.4 Å². The molecule has 1 unspecified atom stereocenters. The number of nitrogens with one attached hydrogen (secondary N) is 2. The summed E-state index contributed by atoms with van der Waals surface area (Å²) in [7, 11) is 0. The number of carbonyl (C=O) groups is 3. The van der Waals surface area contributed by atoms with Crippen molar-refractivity contribution >= 4 is 39.5 Å². The van der Waals surface area contributed by atoms with Gasteiger partial charge in [0.1, 0.15) is 6.04 Å². The maximum Gasteiger partial charge on any atom is 0.326 e. The van der Waals surface area contributed by atoms with Gasteiger partial charge in [0.25, 0.3) is 0 Å². The third-order valence-electron chi connectivity index (χ3n) is 2.71. The predicted molar refractivity (Wildman–Crippen MR) is 80.9 cm³/mol. The van der Waals surface area contributed by atoms with Crippen LogP contribution in [0.5, 0.6) is 0 Å². The summed E-state index contributed by atoms with van der Waals surface area (Å²) in [4.78, 5) is 33.4. The first-order valence-corrected chi connectivity index (χ1v) is 6.93. The highest BCUT2D eigenvalue weighted by molar-refractivity contribution is 9.10. The van der Waals surface area contributed by atoms with Gasteiger partial charge in [-0.2, -0.15) is 0 Å². The summed E-state index contributed by atoms with van der Waals surface area (Å²) in [6, 6.07) is 3.36. The normalized spacial score (nSPS) is 11.5. The molecular formula is C13H16BrN3O4. The Morgan fingerprint density at radius 2 is 2.05 bits per heavy atom. The van der Waals surface area contributed by atoms with Crippen molar-refractivity contribution in [2.24, 2.45) is 5.73 Å². The first-order valence-electron chi connectivity index (χ1n) is 6.14. The van der Waals surface area contributed by atoms with Crippen LogP contribution in [-0.4, -0.2) is 29.1 Å². The standard InChI is InChI=1S/C13H16BrN3O4/c1-7-2-3-8(6-9(7)14)16-13(21)17-10(12(19)20)4-5-11(15)18/h2-3,6,10H,4-5H2,1H3,(H2,15,18)(H,19,20)(H2,16,17,21). The van der Waals surface area contributed by atoms with Crippen LogP contribution in [0.25, 0.3) is 0 Å². The molecule has 21 heavy (non-hydrogen) atoms. The Bertz CT molecular complexity index is 562. The van der Waals surface area contributed by atoms with Crippen LogP contribution in [0.1, 0.15) is 18.4 Å². The van der Waals surface area contributed by atoms with Crippen LogP contribution in [0.15, 0.2) is 22.7 Å². The quantitative estimate of drug-likeness (QED) is 0.617. The van der Waals surface area contributed by atoms with Crippen molar-refractivity contribution in [1.82, 2.24) is 5.32 Å². The van der Waals surface area contributed by atoms with Gasteiger partial charge < -0.3 is 21.5 Å². The summed E-state index contributed by atoms with van der Waals surface area (Å²) >= 11 is 3.33. The first kappa shape index (κ1) is 17.0. The summed E-state index contributed by atoms with van der Waals surface area (Å²) < 4.78 is 0.823. The number of hydrogen-bond donors (Lipinski definition) is 4. The molecule has 1 atom stereocenters. The number of urea groups is 1. The molecule has 0 saturated heterocycles. The Morgan fingerprint density at radius 3 is 2.57 bits per heavy atom. The van der Waals surface area contributed by atoms with Crippen LogP contribution in [0, 0.1) is 6.92 Å². The van der Waals surface area contributed by atoms with Gasteiger partial charge in [-0.1, -0.05) is 22.0 Å². The Balaban J connectivity index is 2.62. The summed E-state index contributed by atoms with van der Waals surface area (Å²) in [5.41, 5.74) is 6.48. The molecule has 1 aromatic rings. The minimum Gasteiger partial charge on any atom is -0.480 e. The van der Waals surface area contributed by atoms with Crippen LogP contribution in [-0.2, 0) is 9.59 Å². The molecule has 7 nitrogen and oxygen atoms in total. The molecule has 0 fully saturated rings. The third kappa shape index (κ3) is 5.82. The average Bonchev–Trinajstić information content (AvgIpc) is 2.38. The van der Waals surface area contributed by atoms with Crippen molar-refractivity contribution in [2.75, 3.05) is 5.32 Å². The van der Waals surface area contributed by atoms with Gasteiger partial charge in [0, 0.05) is 16.6 Å². The number of benzene rings is 1. The van der Waals surface area contributed by atoms with Crippen molar-refractivity contribution in [1.29, 1.82) is 0 Å². The SMILES string of the molecule is Cc1ccc(NC(=O)NC(CCC(N)=O)C(=O)O)cc1Br. The Labute approximate surface area is 130 Å². The number of carboxylic acids is 1. The van der Waals surface area contributed by atoms with Gasteiger partial charge in [-0.15, -0.1) is 0 Å². The number of halogens is 1. The van der Waals surface area contributed by atoms with Crippen LogP contribution in [0.2, 0.25) is 0 Å². The lowest BCUT2D eigenvalue weighted by molar-refractivity contribution is -0.139. The van der Waals surface area contributed by atoms with Crippen LogP contribution in [0.3, 0.4) is 0 Å². The van der Waals surface area contributed by atoms with Crippen LogP contribution in [0.4, 0.5) is 10.5 Å². The Morgan fingerprint density at radius 1 is 1.38 bits per heavy atom. The van der Waals surface area contributed by atoms with Gasteiger partial charge in [0.15, 0.2) is 0 Å². The van der Waals surface area contributed by atoms with E-state index in [1.165, 1.54) is 0 Å². The molecule has 8 heteroatoms. The van der Waals surface area contributed by atoms with E-state index in [2.05, 4.69) is 26.6 Å². The molecule has 0 aliphatic rings. The predicted octanol–water partition coefficient (Wildman–Crippen LogP) is 1.60. The lowest BCUT2D eigenvalue weighted by Crippen LogP contribution is -2.43. The van der Waals surface area contributed by atoms with Gasteiger partial charge in [0.2, 0.25) is 5.91 Å². The molecule has 3 amide bonds. The molecule has 0 heterocycles. The van der Waals surface area contributed by atoms with E-state index in [-0.39, 0.29) is 12.8 Å². The van der Waals surface area contributed by atoms with E-state index in [1.54, 1.807) is 12.1 Å². The van der Waals surface area contributed by atoms with E-state index in [9.17, 15) is 14.4 Å². The van der Waals surface area contributed by atoms with Crippen molar-refractivity contribution in [3.8, 4) is 0 Å². The molecule has 0 aromatic heterocycles. The highest BCUT2D eigenvalue weighted by atomic mass is 79.9. The minimum atomic E-state index is -1.23. The van der Waals surface area contributed by atoms with Crippen molar-refractivity contribution < 1.29 is 19.5 Å². The smallest absolute Gasteiger partial charge is 0.326 e. The number of amides is 3. The van der Waals surface area contributed by atoms with E-state index >= 15 is 0 Å². The van der Waals surface area contributed by atoms with Gasteiger partial charge in [-0.3, -0.25) is 4.79 Å². The molecule has 0 aliphatic heterocycles. The van der Waals surface area contributed by atoms with Crippen molar-refractivity contribution in [3.63, 3.8) is 0 Å². The number of carboxylic acid groups (broad SMARTS) is 1. The number of nitrogens with two attached hydrogens (primary N) is 1. The fourth-order valence-electron chi connectivity index (χ4n) is 1.54. The number of anilines is 1. The summed E-state index contributed by atoms with van der Waals surface area (Å²) in [6.07, 6.45) is -0.178. The number of aliphatic carboxylic acids is 1. The highest BCUT2D eigenvalue weighted by Gasteiger charge is 2.20. The number of hydrogen-bond acceptors (Lipinski definition) is 3. The highest BCUT2D eigenvalue weighted by Crippen LogP contribution is 2.20. The monoisotopic (exact) mass is 357 g/mol. The number of rotatable bonds is 6. The number of carbonyl (C=O) groups excluding carboxylic acids is 2. The fourth-order valence-corrected chi connectivity index (χ4v) is 1.92. The van der Waals surface area contributed by atoms with Crippen LogP contribution >= 0.6 is 15.9 Å². The topological polar surface area (TPSA) is 122 Å². The van der Waals surface area contributed by atoms with E-state index in [1.807, 2.05) is 13.0 Å². The summed E-state index contributed by atoms with van der Waals surface area (Å²) in [6.45, 7) is 1.90. The molecule has 0 saturated carbocycles. The zero-order valence-corrected chi connectivity index (χ0v) is 12.9. The second-order valence-electron chi connectivity index (χ2n) is 4.46. The van der Waals surface area contributed by atoms with Gasteiger partial charge in [0.05, 0.1) is 0 Å². The second-order valence-corrected chi connectivity index (χ2v) is 5.31. The fraction of sp³-hybridized carbons (Fsp3) is 0.308. The third-order valence-corrected chi connectivity index (χ3v) is 3.57. The molecule has 1 aromatic carbocycles. The van der Waals surface area contributed by atoms with E-state index in [0.29, 0.717) is 5.69 Å². The lowest BCUT2D eigenvalue weighted by Gasteiger charge is -2.14. The number of aryl methyl sites for hydroxylation is 1. The van der Waals surface area contributed by atoms with E-state index in [4.69, 9.17) is 10.8 Å². The van der Waals surface area contributed by atoms with Gasteiger partial charge in [-0.05, 0) is 31.0 Å². The summed E-state index contributed by atoms with van der Waals surface area (Å²) in [5.74, 6) is -1.84. The lowest BCUT2D eigenvalue weighted by atomic mass is 10.1. The first-order chi connectivity index (χ1) is 9.79. The van der Waals surface area contributed by atoms with Gasteiger partial charge in [-0.25, -0.2) is 9.59 Å². The number of primary amides is 1. The largest absolute Gasteiger partial charge is 0.480 e. The summed E-state index contributed by atoms with van der Waals surface area (Å²) in [5, 5.41) is 13.8. The Kier molecular flexibility index (Phi) is 6.16. The molecule has 0 spiro atoms. The maximum absolute atomic E-state index is 11.8. The van der Waals surface area contributed by atoms with E-state index < -0.39 is 23.9 Å². The zero-order chi connectivity index (χ0) is 16.0. The Hall–Kier alpha value is -2.09. The minimum absolute atomic E-state index is 0.0598. The molecule has 0 radical (unpaired) electrons. The molecule has 0 aliphatic carbocycles. The van der Waals surface area contributed by atoms with Crippen molar-refractivity contribution in [3.05, 3.63) is 28.2 Å². The molecule has 5 N–H and O–H groups in total. The van der Waals surface area contributed by atoms with Gasteiger partial charge >= 0.3 is 12.0 Å². The maximum atomic E-state index is 11.8. The van der Waals surface area contributed by atoms with Crippen molar-refractivity contribution in [2.45, 2.75) is 25.8 Å².